The molecule has 0 radical (unpaired) electrons. The van der Waals surface area contributed by atoms with Gasteiger partial charge >= 0.3 is 6.09 Å². The smallest absolute Gasteiger partial charge is 0.399 e. The lowest BCUT2D eigenvalue weighted by molar-refractivity contribution is 0.130. The number of amides is 1. The molecule has 1 unspecified atom stereocenters. The van der Waals surface area contributed by atoms with Crippen molar-refractivity contribution in [2.24, 2.45) is 0 Å². The van der Waals surface area contributed by atoms with Gasteiger partial charge in [0.05, 0.1) is 13.8 Å². The Morgan fingerprint density at radius 1 is 1.30 bits per heavy atom. The van der Waals surface area contributed by atoms with Crippen molar-refractivity contribution in [1.29, 1.82) is 5.26 Å². The number of carbonyl (C=O) groups is 1. The van der Waals surface area contributed by atoms with Gasteiger partial charge in [-0.05, 0) is 24.0 Å². The van der Waals surface area contributed by atoms with Crippen LogP contribution in [-0.2, 0) is 4.74 Å². The Bertz CT molecular complexity index is 455. The van der Waals surface area contributed by atoms with Gasteiger partial charge in [-0.15, -0.1) is 0 Å². The van der Waals surface area contributed by atoms with E-state index >= 15 is 0 Å². The lowest BCUT2D eigenvalue weighted by Crippen LogP contribution is -2.48. The van der Waals surface area contributed by atoms with Gasteiger partial charge in [-0.2, -0.15) is 5.26 Å². The molecule has 0 aromatic rings. The first-order valence-electron chi connectivity index (χ1n) is 8.28. The number of aliphatic hydroxyl groups is 1. The molecule has 6 heteroatoms. The van der Waals surface area contributed by atoms with Crippen LogP contribution in [0, 0.1) is 11.3 Å². The van der Waals surface area contributed by atoms with Crippen LogP contribution in [0.5, 0.6) is 0 Å². The zero-order chi connectivity index (χ0) is 18.3. The summed E-state index contributed by atoms with van der Waals surface area (Å²) in [4.78, 5) is 13.7. The molecule has 0 saturated heterocycles. The maximum absolute atomic E-state index is 12.2. The van der Waals surface area contributed by atoms with Crippen molar-refractivity contribution >= 4 is 14.2 Å². The second-order valence-corrected chi connectivity index (χ2v) is 12.9. The number of carbonyl (C=O) groups excluding carboxylic acids is 1. The topological polar surface area (TPSA) is 73.6 Å². The van der Waals surface area contributed by atoms with Crippen LogP contribution in [0.25, 0.3) is 0 Å². The van der Waals surface area contributed by atoms with E-state index in [0.29, 0.717) is 13.1 Å². The fraction of sp³-hybridized carbons (Fsp3) is 0.765. The maximum atomic E-state index is 12.2. The van der Waals surface area contributed by atoms with E-state index in [9.17, 15) is 15.2 Å². The highest BCUT2D eigenvalue weighted by molar-refractivity contribution is 6.81. The molecule has 0 fully saturated rings. The first-order valence-corrected chi connectivity index (χ1v) is 11.4. The van der Waals surface area contributed by atoms with Crippen molar-refractivity contribution in [3.05, 3.63) is 11.8 Å². The minimum atomic E-state index is -2.07. The number of ether oxygens (including phenoxy) is 1. The lowest BCUT2D eigenvalue weighted by atomic mass is 10.2. The number of nitrogens with zero attached hydrogens (tertiary/aromatic N) is 2. The van der Waals surface area contributed by atoms with Gasteiger partial charge in [0.1, 0.15) is 6.07 Å². The van der Waals surface area contributed by atoms with E-state index in [4.69, 9.17) is 4.74 Å². The Kier molecular flexibility index (Phi) is 8.57. The molecule has 0 heterocycles. The van der Waals surface area contributed by atoms with Crippen molar-refractivity contribution in [1.82, 2.24) is 4.90 Å². The normalized spacial score (nSPS) is 14.1. The molecular formula is C17H32N2O3Si. The van der Waals surface area contributed by atoms with E-state index in [1.165, 1.54) is 6.08 Å². The highest BCUT2D eigenvalue weighted by atomic mass is 28.3. The van der Waals surface area contributed by atoms with Gasteiger partial charge < -0.3 is 14.7 Å². The predicted molar refractivity (Wildman–Crippen MR) is 95.5 cm³/mol. The molecule has 0 spiro atoms. The summed E-state index contributed by atoms with van der Waals surface area (Å²) in [5.41, 5.74) is -0.754. The Hall–Kier alpha value is -1.32. The summed E-state index contributed by atoms with van der Waals surface area (Å²) in [6, 6.07) is 1.88. The minimum absolute atomic E-state index is 0.0378. The molecule has 5 nitrogen and oxygen atoms in total. The first-order chi connectivity index (χ1) is 10.5. The third kappa shape index (κ3) is 6.36. The summed E-state index contributed by atoms with van der Waals surface area (Å²) in [6.07, 6.45) is 2.52. The summed E-state index contributed by atoms with van der Waals surface area (Å²) in [5, 5.41) is 19.7. The average molecular weight is 341 g/mol. The molecule has 0 aliphatic heterocycles. The number of hydrogen-bond acceptors (Lipinski definition) is 4. The summed E-state index contributed by atoms with van der Waals surface area (Å²) >= 11 is 0. The molecule has 0 aliphatic rings. The van der Waals surface area contributed by atoms with E-state index in [1.807, 2.05) is 19.9 Å². The van der Waals surface area contributed by atoms with Crippen LogP contribution in [0.3, 0.4) is 0 Å². The van der Waals surface area contributed by atoms with Crippen molar-refractivity contribution < 1.29 is 14.6 Å². The van der Waals surface area contributed by atoms with Crippen molar-refractivity contribution in [3.8, 4) is 6.07 Å². The quantitative estimate of drug-likeness (QED) is 0.431. The average Bonchev–Trinajstić information content (AvgIpc) is 2.44. The van der Waals surface area contributed by atoms with Gasteiger partial charge in [0.15, 0.2) is 0 Å². The van der Waals surface area contributed by atoms with Gasteiger partial charge in [-0.25, -0.2) is 4.79 Å². The van der Waals surface area contributed by atoms with Crippen LogP contribution < -0.4 is 0 Å². The molecule has 0 aromatic carbocycles. The van der Waals surface area contributed by atoms with Crippen molar-refractivity contribution in [3.63, 3.8) is 0 Å². The summed E-state index contributed by atoms with van der Waals surface area (Å²) in [6.45, 7) is 15.5. The molecule has 0 rings (SSSR count). The summed E-state index contributed by atoms with van der Waals surface area (Å²) in [5.74, 6) is -0.121. The molecule has 0 aromatic heterocycles. The Morgan fingerprint density at radius 3 is 2.13 bits per heavy atom. The number of hydrogen-bond donors (Lipinski definition) is 1. The van der Waals surface area contributed by atoms with E-state index in [0.717, 1.165) is 12.8 Å². The van der Waals surface area contributed by atoms with E-state index in [2.05, 4.69) is 33.9 Å². The Morgan fingerprint density at radius 2 is 1.78 bits per heavy atom. The fourth-order valence-corrected chi connectivity index (χ4v) is 3.34. The Balaban J connectivity index is 5.15. The number of rotatable bonds is 7. The number of aliphatic hydroxyl groups excluding tert-OH is 1. The van der Waals surface area contributed by atoms with Crippen LogP contribution in [0.1, 0.15) is 47.5 Å². The van der Waals surface area contributed by atoms with Gasteiger partial charge in [0.25, 0.3) is 0 Å². The van der Waals surface area contributed by atoms with Gasteiger partial charge in [-0.3, -0.25) is 0 Å². The van der Waals surface area contributed by atoms with Crippen LogP contribution >= 0.6 is 0 Å². The third-order valence-electron chi connectivity index (χ3n) is 4.53. The number of nitriles is 1. The number of allylic oxidation sites excluding steroid dienone is 1. The standard InChI is InChI=1S/C17H32N2O3Si/c1-8-10-19(11-9-2)16(21)22-14(13-18)12-15(20)23(6,7)17(3,4)5/h12,15,20H,8-11H2,1-7H3/b14-12+. The van der Waals surface area contributed by atoms with Gasteiger partial charge in [0, 0.05) is 13.1 Å². The zero-order valence-electron chi connectivity index (χ0n) is 15.6. The lowest BCUT2D eigenvalue weighted by Gasteiger charge is -2.39. The largest absolute Gasteiger partial charge is 0.415 e. The van der Waals surface area contributed by atoms with Crippen LogP contribution in [0.15, 0.2) is 11.8 Å². The molecular weight excluding hydrogens is 308 g/mol. The molecule has 0 bridgehead atoms. The molecule has 1 N–H and O–H groups in total. The summed E-state index contributed by atoms with van der Waals surface area (Å²) < 4.78 is 5.19. The van der Waals surface area contributed by atoms with Gasteiger partial charge in [0.2, 0.25) is 5.76 Å². The Labute approximate surface area is 141 Å². The second kappa shape index (κ2) is 9.09. The van der Waals surface area contributed by atoms with E-state index in [-0.39, 0.29) is 10.8 Å². The van der Waals surface area contributed by atoms with E-state index < -0.39 is 19.9 Å². The molecule has 23 heavy (non-hydrogen) atoms. The van der Waals surface area contributed by atoms with Crippen molar-refractivity contribution in [2.45, 2.75) is 71.3 Å². The van der Waals surface area contributed by atoms with Crippen LogP contribution in [0.2, 0.25) is 18.1 Å². The maximum Gasteiger partial charge on any atom is 0.415 e. The van der Waals surface area contributed by atoms with Gasteiger partial charge in [-0.1, -0.05) is 47.7 Å². The third-order valence-corrected chi connectivity index (χ3v) is 10.0. The fourth-order valence-electron chi connectivity index (χ4n) is 1.88. The zero-order valence-corrected chi connectivity index (χ0v) is 16.6. The van der Waals surface area contributed by atoms with Crippen molar-refractivity contribution in [2.75, 3.05) is 13.1 Å². The first kappa shape index (κ1) is 21.7. The molecule has 1 atom stereocenters. The monoisotopic (exact) mass is 340 g/mol. The molecule has 132 valence electrons. The molecule has 1 amide bonds. The minimum Gasteiger partial charge on any atom is -0.399 e. The highest BCUT2D eigenvalue weighted by Crippen LogP contribution is 2.38. The van der Waals surface area contributed by atoms with Crippen LogP contribution in [-0.4, -0.2) is 43.0 Å². The summed E-state index contributed by atoms with van der Waals surface area (Å²) in [7, 11) is -2.07. The predicted octanol–water partition coefficient (Wildman–Crippen LogP) is 4.06. The molecule has 0 saturated carbocycles. The highest BCUT2D eigenvalue weighted by Gasteiger charge is 2.41. The SMILES string of the molecule is CCCN(CCC)C(=O)O/C(C#N)=C/C(O)[Si](C)(C)C(C)(C)C. The second-order valence-electron chi connectivity index (χ2n) is 7.41. The van der Waals surface area contributed by atoms with Crippen LogP contribution in [0.4, 0.5) is 4.79 Å². The van der Waals surface area contributed by atoms with E-state index in [1.54, 1.807) is 4.90 Å². The molecule has 0 aliphatic carbocycles.